The lowest BCUT2D eigenvalue weighted by molar-refractivity contribution is 0.247. The van der Waals surface area contributed by atoms with Crippen molar-refractivity contribution in [3.63, 3.8) is 0 Å². The average Bonchev–Trinajstić information content (AvgIpc) is 2.61. The Hall–Kier alpha value is -1.10. The number of amides is 2. The summed E-state index contributed by atoms with van der Waals surface area (Å²) in [4.78, 5) is 11.9. The zero-order valence-electron chi connectivity index (χ0n) is 10.7. The van der Waals surface area contributed by atoms with Gasteiger partial charge in [0, 0.05) is 10.5 Å². The Labute approximate surface area is 121 Å². The van der Waals surface area contributed by atoms with Gasteiger partial charge in [0.15, 0.2) is 0 Å². The van der Waals surface area contributed by atoms with Crippen LogP contribution in [-0.4, -0.2) is 12.1 Å². The molecule has 0 spiro atoms. The second-order valence-corrected chi connectivity index (χ2v) is 5.77. The lowest BCUT2D eigenvalue weighted by atomic mass is 10.1. The summed E-state index contributed by atoms with van der Waals surface area (Å²) in [6.07, 6.45) is 6.93. The van der Waals surface area contributed by atoms with Crippen LogP contribution in [0.25, 0.3) is 0 Å². The summed E-state index contributed by atoms with van der Waals surface area (Å²) in [5, 5.41) is 5.73. The summed E-state index contributed by atoms with van der Waals surface area (Å²) >= 11 is 3.23. The largest absolute Gasteiger partial charge is 0.335 e. The number of hydrogen-bond donors (Lipinski definition) is 2. The van der Waals surface area contributed by atoms with Crippen molar-refractivity contribution in [2.75, 3.05) is 5.32 Å². The minimum Gasteiger partial charge on any atom is -0.335 e. The Balaban J connectivity index is 1.89. The molecule has 0 aromatic heterocycles. The molecule has 0 heterocycles. The minimum absolute atomic E-state index is 0.223. The molecule has 1 aromatic carbocycles. The lowest BCUT2D eigenvalue weighted by Gasteiger charge is -2.17. The fourth-order valence-corrected chi connectivity index (χ4v) is 2.81. The van der Waals surface area contributed by atoms with Crippen molar-refractivity contribution in [2.24, 2.45) is 0 Å². The molecule has 0 aliphatic heterocycles. The summed E-state index contributed by atoms with van der Waals surface area (Å²) in [7, 11) is 0. The van der Waals surface area contributed by atoms with Crippen molar-refractivity contribution in [3.05, 3.63) is 28.5 Å². The molecular weight excluding hydrogens is 311 g/mol. The SMILES string of the molecule is O=C(Nc1ccc(F)cc1Br)NC1CCCCCC1. The maximum absolute atomic E-state index is 12.9. The second-order valence-electron chi connectivity index (χ2n) is 4.91. The first-order valence-electron chi connectivity index (χ1n) is 6.68. The molecule has 104 valence electrons. The first-order valence-corrected chi connectivity index (χ1v) is 7.47. The van der Waals surface area contributed by atoms with Crippen LogP contribution in [-0.2, 0) is 0 Å². The van der Waals surface area contributed by atoms with Crippen molar-refractivity contribution < 1.29 is 9.18 Å². The third kappa shape index (κ3) is 4.49. The van der Waals surface area contributed by atoms with E-state index in [9.17, 15) is 9.18 Å². The molecule has 0 bridgehead atoms. The van der Waals surface area contributed by atoms with E-state index in [-0.39, 0.29) is 17.9 Å². The predicted molar refractivity (Wildman–Crippen MR) is 77.7 cm³/mol. The highest BCUT2D eigenvalue weighted by Crippen LogP contribution is 2.23. The third-order valence-corrected chi connectivity index (χ3v) is 4.03. The van der Waals surface area contributed by atoms with Crippen LogP contribution in [0.15, 0.2) is 22.7 Å². The number of rotatable bonds is 2. The Morgan fingerprint density at radius 3 is 2.53 bits per heavy atom. The van der Waals surface area contributed by atoms with E-state index in [1.165, 1.54) is 37.8 Å². The minimum atomic E-state index is -0.332. The third-order valence-electron chi connectivity index (χ3n) is 3.37. The molecule has 0 saturated heterocycles. The van der Waals surface area contributed by atoms with E-state index in [2.05, 4.69) is 26.6 Å². The maximum atomic E-state index is 12.9. The molecule has 1 aliphatic rings. The second kappa shape index (κ2) is 6.89. The standard InChI is InChI=1S/C14H18BrFN2O/c15-12-9-10(16)7-8-13(12)18-14(19)17-11-5-3-1-2-4-6-11/h7-9,11H,1-6H2,(H2,17,18,19). The first kappa shape index (κ1) is 14.3. The molecule has 0 radical (unpaired) electrons. The van der Waals surface area contributed by atoms with Gasteiger partial charge in [-0.3, -0.25) is 0 Å². The molecular formula is C14H18BrFN2O. The number of halogens is 2. The van der Waals surface area contributed by atoms with Gasteiger partial charge >= 0.3 is 6.03 Å². The van der Waals surface area contributed by atoms with Gasteiger partial charge in [0.25, 0.3) is 0 Å². The average molecular weight is 329 g/mol. The highest BCUT2D eigenvalue weighted by Gasteiger charge is 2.15. The summed E-state index contributed by atoms with van der Waals surface area (Å²) in [6, 6.07) is 4.24. The molecule has 0 unspecified atom stereocenters. The zero-order valence-corrected chi connectivity index (χ0v) is 12.3. The van der Waals surface area contributed by atoms with Crippen LogP contribution in [0.2, 0.25) is 0 Å². The number of carbonyl (C=O) groups is 1. The molecule has 2 amide bonds. The van der Waals surface area contributed by atoms with E-state index in [1.807, 2.05) is 0 Å². The Morgan fingerprint density at radius 1 is 1.21 bits per heavy atom. The molecule has 2 rings (SSSR count). The molecule has 1 aromatic rings. The van der Waals surface area contributed by atoms with Gasteiger partial charge in [-0.2, -0.15) is 0 Å². The van der Waals surface area contributed by atoms with Crippen LogP contribution >= 0.6 is 15.9 Å². The Kier molecular flexibility index (Phi) is 5.19. The number of nitrogens with one attached hydrogen (secondary N) is 2. The van der Waals surface area contributed by atoms with Crippen molar-refractivity contribution in [3.8, 4) is 0 Å². The van der Waals surface area contributed by atoms with E-state index in [0.717, 1.165) is 12.8 Å². The van der Waals surface area contributed by atoms with Gasteiger partial charge in [0.05, 0.1) is 5.69 Å². The number of anilines is 1. The normalized spacial score (nSPS) is 16.7. The predicted octanol–water partition coefficient (Wildman–Crippen LogP) is 4.43. The number of benzene rings is 1. The Morgan fingerprint density at radius 2 is 1.89 bits per heavy atom. The fourth-order valence-electron chi connectivity index (χ4n) is 2.36. The molecule has 1 aliphatic carbocycles. The van der Waals surface area contributed by atoms with Crippen LogP contribution in [0.1, 0.15) is 38.5 Å². The topological polar surface area (TPSA) is 41.1 Å². The summed E-state index contributed by atoms with van der Waals surface area (Å²) in [6.45, 7) is 0. The molecule has 1 fully saturated rings. The molecule has 0 atom stereocenters. The van der Waals surface area contributed by atoms with Gasteiger partial charge in [-0.1, -0.05) is 25.7 Å². The van der Waals surface area contributed by atoms with Gasteiger partial charge in [-0.15, -0.1) is 0 Å². The van der Waals surface area contributed by atoms with Crippen molar-refractivity contribution >= 4 is 27.6 Å². The number of urea groups is 1. The summed E-state index contributed by atoms with van der Waals surface area (Å²) in [5.41, 5.74) is 0.576. The lowest BCUT2D eigenvalue weighted by Crippen LogP contribution is -2.37. The van der Waals surface area contributed by atoms with Crippen LogP contribution in [0.5, 0.6) is 0 Å². The van der Waals surface area contributed by atoms with E-state index in [1.54, 1.807) is 6.07 Å². The molecule has 19 heavy (non-hydrogen) atoms. The van der Waals surface area contributed by atoms with Crippen LogP contribution in [0.3, 0.4) is 0 Å². The van der Waals surface area contributed by atoms with E-state index in [0.29, 0.717) is 10.2 Å². The first-order chi connectivity index (χ1) is 9.15. The molecule has 1 saturated carbocycles. The van der Waals surface area contributed by atoms with Gasteiger partial charge in [-0.05, 0) is 47.0 Å². The highest BCUT2D eigenvalue weighted by atomic mass is 79.9. The van der Waals surface area contributed by atoms with Crippen molar-refractivity contribution in [1.82, 2.24) is 5.32 Å². The van der Waals surface area contributed by atoms with E-state index < -0.39 is 0 Å². The zero-order chi connectivity index (χ0) is 13.7. The number of hydrogen-bond acceptors (Lipinski definition) is 1. The van der Waals surface area contributed by atoms with Crippen LogP contribution in [0, 0.1) is 5.82 Å². The molecule has 2 N–H and O–H groups in total. The summed E-state index contributed by atoms with van der Waals surface area (Å²) < 4.78 is 13.5. The quantitative estimate of drug-likeness (QED) is 0.774. The Bertz CT molecular complexity index is 445. The number of carbonyl (C=O) groups excluding carboxylic acids is 1. The van der Waals surface area contributed by atoms with Crippen molar-refractivity contribution in [1.29, 1.82) is 0 Å². The van der Waals surface area contributed by atoms with Crippen LogP contribution < -0.4 is 10.6 Å². The van der Waals surface area contributed by atoms with E-state index >= 15 is 0 Å². The highest BCUT2D eigenvalue weighted by molar-refractivity contribution is 9.10. The van der Waals surface area contributed by atoms with Crippen LogP contribution in [0.4, 0.5) is 14.9 Å². The smallest absolute Gasteiger partial charge is 0.319 e. The molecule has 3 nitrogen and oxygen atoms in total. The fraction of sp³-hybridized carbons (Fsp3) is 0.500. The maximum Gasteiger partial charge on any atom is 0.319 e. The van der Waals surface area contributed by atoms with Gasteiger partial charge in [-0.25, -0.2) is 9.18 Å². The van der Waals surface area contributed by atoms with Gasteiger partial charge in [0.1, 0.15) is 5.82 Å². The monoisotopic (exact) mass is 328 g/mol. The molecule has 5 heteroatoms. The van der Waals surface area contributed by atoms with Gasteiger partial charge < -0.3 is 10.6 Å². The summed E-state index contributed by atoms with van der Waals surface area (Å²) in [5.74, 6) is -0.332. The van der Waals surface area contributed by atoms with Gasteiger partial charge in [0.2, 0.25) is 0 Å². The van der Waals surface area contributed by atoms with E-state index in [4.69, 9.17) is 0 Å². The van der Waals surface area contributed by atoms with Crippen molar-refractivity contribution in [2.45, 2.75) is 44.6 Å².